The third-order valence-electron chi connectivity index (χ3n) is 2.54. The predicted molar refractivity (Wildman–Crippen MR) is 62.1 cm³/mol. The van der Waals surface area contributed by atoms with Gasteiger partial charge in [0.25, 0.3) is 0 Å². The molecule has 0 aromatic heterocycles. The van der Waals surface area contributed by atoms with Gasteiger partial charge in [0, 0.05) is 0 Å². The number of hydrogen-bond donors (Lipinski definition) is 1. The van der Waals surface area contributed by atoms with Crippen LogP contribution in [0.15, 0.2) is 24.3 Å². The van der Waals surface area contributed by atoms with E-state index in [1.165, 1.54) is 0 Å². The molecule has 0 fully saturated rings. The Hall–Kier alpha value is -1.02. The average molecular weight is 208 g/mol. The van der Waals surface area contributed by atoms with Gasteiger partial charge in [0.2, 0.25) is 0 Å². The number of aliphatic hydroxyl groups is 1. The second-order valence-electron chi connectivity index (χ2n) is 4.32. The highest BCUT2D eigenvalue weighted by atomic mass is 16.5. The van der Waals surface area contributed by atoms with Gasteiger partial charge in [-0.15, -0.1) is 0 Å². The van der Waals surface area contributed by atoms with Crippen molar-refractivity contribution in [2.75, 3.05) is 0 Å². The van der Waals surface area contributed by atoms with Gasteiger partial charge >= 0.3 is 0 Å². The standard InChI is InChI=1S/C13H20O2/c1-5-13(4,14)11-6-8-12(9-7-11)15-10(2)3/h6-10,14H,5H2,1-4H3. The molecule has 2 heteroatoms. The zero-order chi connectivity index (χ0) is 11.5. The molecule has 84 valence electrons. The summed E-state index contributed by atoms with van der Waals surface area (Å²) in [5, 5.41) is 10.0. The lowest BCUT2D eigenvalue weighted by Crippen LogP contribution is -2.19. The van der Waals surface area contributed by atoms with E-state index in [9.17, 15) is 5.11 Å². The van der Waals surface area contributed by atoms with E-state index in [0.717, 1.165) is 11.3 Å². The van der Waals surface area contributed by atoms with Gasteiger partial charge in [0.1, 0.15) is 5.75 Å². The van der Waals surface area contributed by atoms with Crippen molar-refractivity contribution in [1.82, 2.24) is 0 Å². The normalized spacial score (nSPS) is 15.1. The number of ether oxygens (including phenoxy) is 1. The zero-order valence-corrected chi connectivity index (χ0v) is 9.95. The van der Waals surface area contributed by atoms with Gasteiger partial charge in [-0.25, -0.2) is 0 Å². The molecule has 0 heterocycles. The maximum absolute atomic E-state index is 10.0. The van der Waals surface area contributed by atoms with E-state index in [0.29, 0.717) is 6.42 Å². The van der Waals surface area contributed by atoms with Crippen LogP contribution in [-0.4, -0.2) is 11.2 Å². The van der Waals surface area contributed by atoms with Crippen LogP contribution in [0.1, 0.15) is 39.7 Å². The van der Waals surface area contributed by atoms with Crippen LogP contribution in [0.25, 0.3) is 0 Å². The van der Waals surface area contributed by atoms with Crippen LogP contribution in [0, 0.1) is 0 Å². The van der Waals surface area contributed by atoms with Crippen LogP contribution in [-0.2, 0) is 5.60 Å². The summed E-state index contributed by atoms with van der Waals surface area (Å²) in [6.45, 7) is 7.79. The molecule has 1 atom stereocenters. The number of hydrogen-bond acceptors (Lipinski definition) is 2. The van der Waals surface area contributed by atoms with Crippen molar-refractivity contribution in [1.29, 1.82) is 0 Å². The second-order valence-corrected chi connectivity index (χ2v) is 4.32. The van der Waals surface area contributed by atoms with Crippen LogP contribution >= 0.6 is 0 Å². The lowest BCUT2D eigenvalue weighted by atomic mass is 9.93. The SMILES string of the molecule is CCC(C)(O)c1ccc(OC(C)C)cc1. The number of rotatable bonds is 4. The first kappa shape index (κ1) is 12.1. The monoisotopic (exact) mass is 208 g/mol. The van der Waals surface area contributed by atoms with Crippen molar-refractivity contribution < 1.29 is 9.84 Å². The molecule has 0 saturated carbocycles. The molecule has 0 bridgehead atoms. The molecule has 0 aliphatic carbocycles. The lowest BCUT2D eigenvalue weighted by molar-refractivity contribution is 0.0530. The van der Waals surface area contributed by atoms with Crippen LogP contribution in [0.3, 0.4) is 0 Å². The van der Waals surface area contributed by atoms with Gasteiger partial charge in [-0.1, -0.05) is 19.1 Å². The highest BCUT2D eigenvalue weighted by molar-refractivity contribution is 5.30. The Balaban J connectivity index is 2.81. The molecular formula is C13H20O2. The molecule has 15 heavy (non-hydrogen) atoms. The Bertz CT molecular complexity index is 299. The highest BCUT2D eigenvalue weighted by Gasteiger charge is 2.19. The van der Waals surface area contributed by atoms with E-state index in [2.05, 4.69) is 0 Å². The molecule has 0 saturated heterocycles. The van der Waals surface area contributed by atoms with Crippen LogP contribution in [0.4, 0.5) is 0 Å². The van der Waals surface area contributed by atoms with Crippen molar-refractivity contribution >= 4 is 0 Å². The highest BCUT2D eigenvalue weighted by Crippen LogP contribution is 2.26. The minimum Gasteiger partial charge on any atom is -0.491 e. The zero-order valence-electron chi connectivity index (χ0n) is 9.95. The fourth-order valence-corrected chi connectivity index (χ4v) is 1.37. The Morgan fingerprint density at radius 2 is 1.80 bits per heavy atom. The molecule has 0 amide bonds. The molecule has 2 nitrogen and oxygen atoms in total. The minimum atomic E-state index is -0.740. The summed E-state index contributed by atoms with van der Waals surface area (Å²) in [6, 6.07) is 7.64. The van der Waals surface area contributed by atoms with Gasteiger partial charge in [-0.05, 0) is 44.9 Å². The molecule has 1 aromatic rings. The quantitative estimate of drug-likeness (QED) is 0.824. The average Bonchev–Trinajstić information content (AvgIpc) is 2.18. The lowest BCUT2D eigenvalue weighted by Gasteiger charge is -2.22. The van der Waals surface area contributed by atoms with Crippen molar-refractivity contribution in [2.45, 2.75) is 45.8 Å². The molecule has 0 spiro atoms. The first-order valence-electron chi connectivity index (χ1n) is 5.45. The summed E-state index contributed by atoms with van der Waals surface area (Å²) < 4.78 is 5.53. The van der Waals surface area contributed by atoms with Crippen LogP contribution in [0.2, 0.25) is 0 Å². The third-order valence-corrected chi connectivity index (χ3v) is 2.54. The molecule has 1 N–H and O–H groups in total. The van der Waals surface area contributed by atoms with Crippen molar-refractivity contribution in [3.8, 4) is 5.75 Å². The van der Waals surface area contributed by atoms with E-state index in [1.807, 2.05) is 52.0 Å². The van der Waals surface area contributed by atoms with Crippen LogP contribution in [0.5, 0.6) is 5.75 Å². The van der Waals surface area contributed by atoms with Crippen molar-refractivity contribution in [2.24, 2.45) is 0 Å². The second kappa shape index (κ2) is 4.67. The molecule has 0 radical (unpaired) electrons. The summed E-state index contributed by atoms with van der Waals surface area (Å²) in [6.07, 6.45) is 0.889. The van der Waals surface area contributed by atoms with E-state index in [4.69, 9.17) is 4.74 Å². The van der Waals surface area contributed by atoms with E-state index >= 15 is 0 Å². The Labute approximate surface area is 91.9 Å². The first-order valence-corrected chi connectivity index (χ1v) is 5.45. The fourth-order valence-electron chi connectivity index (χ4n) is 1.37. The summed E-state index contributed by atoms with van der Waals surface area (Å²) in [7, 11) is 0. The summed E-state index contributed by atoms with van der Waals surface area (Å²) in [4.78, 5) is 0. The Morgan fingerprint density at radius 1 is 1.27 bits per heavy atom. The maximum atomic E-state index is 10.0. The van der Waals surface area contributed by atoms with Gasteiger partial charge in [-0.3, -0.25) is 0 Å². The largest absolute Gasteiger partial charge is 0.491 e. The molecular weight excluding hydrogens is 188 g/mol. The Kier molecular flexibility index (Phi) is 3.75. The molecule has 1 unspecified atom stereocenters. The van der Waals surface area contributed by atoms with Gasteiger partial charge in [-0.2, -0.15) is 0 Å². The minimum absolute atomic E-state index is 0.183. The van der Waals surface area contributed by atoms with E-state index in [-0.39, 0.29) is 6.10 Å². The summed E-state index contributed by atoms with van der Waals surface area (Å²) in [5.41, 5.74) is 0.192. The van der Waals surface area contributed by atoms with Crippen molar-refractivity contribution in [3.05, 3.63) is 29.8 Å². The summed E-state index contributed by atoms with van der Waals surface area (Å²) >= 11 is 0. The third kappa shape index (κ3) is 3.24. The maximum Gasteiger partial charge on any atom is 0.119 e. The molecule has 0 aliphatic rings. The topological polar surface area (TPSA) is 29.5 Å². The van der Waals surface area contributed by atoms with Gasteiger partial charge in [0.15, 0.2) is 0 Å². The molecule has 0 aliphatic heterocycles. The molecule has 1 aromatic carbocycles. The first-order chi connectivity index (χ1) is 6.95. The van der Waals surface area contributed by atoms with Gasteiger partial charge < -0.3 is 9.84 Å². The number of benzene rings is 1. The van der Waals surface area contributed by atoms with Gasteiger partial charge in [0.05, 0.1) is 11.7 Å². The van der Waals surface area contributed by atoms with Crippen LogP contribution < -0.4 is 4.74 Å². The molecule has 1 rings (SSSR count). The smallest absolute Gasteiger partial charge is 0.119 e. The van der Waals surface area contributed by atoms with E-state index in [1.54, 1.807) is 0 Å². The predicted octanol–water partition coefficient (Wildman–Crippen LogP) is 3.09. The van der Waals surface area contributed by atoms with E-state index < -0.39 is 5.60 Å². The van der Waals surface area contributed by atoms with Crippen molar-refractivity contribution in [3.63, 3.8) is 0 Å². The summed E-state index contributed by atoms with van der Waals surface area (Å²) in [5.74, 6) is 0.848. The Morgan fingerprint density at radius 3 is 2.20 bits per heavy atom. The fraction of sp³-hybridized carbons (Fsp3) is 0.538.